The molecule has 4 rings (SSSR count). The van der Waals surface area contributed by atoms with Crippen molar-refractivity contribution in [3.8, 4) is 11.4 Å². The third-order valence-corrected chi connectivity index (χ3v) is 4.68. The molecule has 0 bridgehead atoms. The van der Waals surface area contributed by atoms with Gasteiger partial charge in [0.15, 0.2) is 11.4 Å². The van der Waals surface area contributed by atoms with Gasteiger partial charge < -0.3 is 9.72 Å². The van der Waals surface area contributed by atoms with Gasteiger partial charge in [0, 0.05) is 39.0 Å². The number of Topliss-reactive ketones (excluding diaryl/α,β-unsaturated/α-hetero) is 1. The topological polar surface area (TPSA) is 88.9 Å². The van der Waals surface area contributed by atoms with Gasteiger partial charge in [0.2, 0.25) is 0 Å². The van der Waals surface area contributed by atoms with Crippen LogP contribution in [0.4, 0.5) is 0 Å². The van der Waals surface area contributed by atoms with Gasteiger partial charge in [-0.15, -0.1) is 0 Å². The van der Waals surface area contributed by atoms with Gasteiger partial charge in [-0.25, -0.2) is 4.98 Å². The highest BCUT2D eigenvalue weighted by Crippen LogP contribution is 2.22. The fraction of sp³-hybridized carbons (Fsp3) is 0.444. The second kappa shape index (κ2) is 7.35. The van der Waals surface area contributed by atoms with Crippen LogP contribution in [-0.2, 0) is 11.8 Å². The largest absolute Gasteiger partial charge is 0.379 e. The van der Waals surface area contributed by atoms with Crippen molar-refractivity contribution in [1.82, 2.24) is 29.6 Å². The summed E-state index contributed by atoms with van der Waals surface area (Å²) in [6.07, 6.45) is 4.65. The van der Waals surface area contributed by atoms with Crippen molar-refractivity contribution in [2.75, 3.05) is 32.8 Å². The lowest BCUT2D eigenvalue weighted by atomic mass is 10.1. The average molecular weight is 354 g/mol. The Morgan fingerprint density at radius 3 is 2.85 bits per heavy atom. The Bertz CT molecular complexity index is 876. The predicted molar refractivity (Wildman–Crippen MR) is 96.9 cm³/mol. The molecule has 1 N–H and O–H groups in total. The molecule has 0 saturated carbocycles. The second-order valence-corrected chi connectivity index (χ2v) is 6.49. The molecule has 3 aromatic heterocycles. The molecule has 4 heterocycles. The average Bonchev–Trinajstić information content (AvgIpc) is 3.25. The van der Waals surface area contributed by atoms with Gasteiger partial charge in [0.25, 0.3) is 0 Å². The molecule has 0 aliphatic carbocycles. The number of rotatable bonds is 6. The molecule has 3 aromatic rings. The normalized spacial score (nSPS) is 15.6. The van der Waals surface area contributed by atoms with Crippen LogP contribution in [0, 0.1) is 0 Å². The van der Waals surface area contributed by atoms with Crippen molar-refractivity contribution in [3.63, 3.8) is 0 Å². The van der Waals surface area contributed by atoms with Gasteiger partial charge in [-0.2, -0.15) is 5.10 Å². The van der Waals surface area contributed by atoms with Gasteiger partial charge >= 0.3 is 0 Å². The SMILES string of the molecule is Cn1nc(C(=O)CCCN2CCOCC2)cc1-c1cc2nccnc2[nH]1. The van der Waals surface area contributed by atoms with E-state index in [0.29, 0.717) is 12.1 Å². The van der Waals surface area contributed by atoms with Crippen molar-refractivity contribution in [2.45, 2.75) is 12.8 Å². The summed E-state index contributed by atoms with van der Waals surface area (Å²) in [6.45, 7) is 4.39. The van der Waals surface area contributed by atoms with E-state index in [-0.39, 0.29) is 5.78 Å². The van der Waals surface area contributed by atoms with Crippen molar-refractivity contribution >= 4 is 16.9 Å². The summed E-state index contributed by atoms with van der Waals surface area (Å²) in [5.41, 5.74) is 3.73. The van der Waals surface area contributed by atoms with E-state index in [1.54, 1.807) is 17.1 Å². The molecule has 0 radical (unpaired) electrons. The summed E-state index contributed by atoms with van der Waals surface area (Å²) >= 11 is 0. The highest BCUT2D eigenvalue weighted by molar-refractivity contribution is 5.95. The third-order valence-electron chi connectivity index (χ3n) is 4.68. The van der Waals surface area contributed by atoms with Crippen LogP contribution in [0.15, 0.2) is 24.5 Å². The minimum Gasteiger partial charge on any atom is -0.379 e. The number of hydrogen-bond acceptors (Lipinski definition) is 6. The van der Waals surface area contributed by atoms with E-state index in [9.17, 15) is 4.79 Å². The summed E-state index contributed by atoms with van der Waals surface area (Å²) in [5.74, 6) is 0.0764. The summed E-state index contributed by atoms with van der Waals surface area (Å²) in [6, 6.07) is 3.76. The van der Waals surface area contributed by atoms with E-state index in [1.165, 1.54) is 0 Å². The fourth-order valence-electron chi connectivity index (χ4n) is 3.26. The van der Waals surface area contributed by atoms with Gasteiger partial charge in [-0.3, -0.25) is 19.4 Å². The number of ketones is 1. The number of carbonyl (C=O) groups excluding carboxylic acids is 1. The minimum absolute atomic E-state index is 0.0764. The lowest BCUT2D eigenvalue weighted by Crippen LogP contribution is -2.36. The zero-order valence-corrected chi connectivity index (χ0v) is 14.8. The smallest absolute Gasteiger partial charge is 0.183 e. The molecule has 1 aliphatic heterocycles. The van der Waals surface area contributed by atoms with Gasteiger partial charge in [-0.05, 0) is 25.1 Å². The number of morpholine rings is 1. The maximum atomic E-state index is 12.5. The molecule has 136 valence electrons. The van der Waals surface area contributed by atoms with E-state index < -0.39 is 0 Å². The summed E-state index contributed by atoms with van der Waals surface area (Å²) in [5, 5.41) is 4.40. The quantitative estimate of drug-likeness (QED) is 0.677. The Morgan fingerprint density at radius 2 is 2.04 bits per heavy atom. The van der Waals surface area contributed by atoms with E-state index in [2.05, 4.69) is 25.0 Å². The van der Waals surface area contributed by atoms with Crippen molar-refractivity contribution < 1.29 is 9.53 Å². The Kier molecular flexibility index (Phi) is 4.77. The van der Waals surface area contributed by atoms with Crippen LogP contribution in [0.5, 0.6) is 0 Å². The Morgan fingerprint density at radius 1 is 1.23 bits per heavy atom. The van der Waals surface area contributed by atoms with Crippen LogP contribution < -0.4 is 0 Å². The molecule has 0 aromatic carbocycles. The number of ether oxygens (including phenoxy) is 1. The van der Waals surface area contributed by atoms with Crippen molar-refractivity contribution in [1.29, 1.82) is 0 Å². The number of nitrogens with zero attached hydrogens (tertiary/aromatic N) is 5. The molecular weight excluding hydrogens is 332 g/mol. The number of aryl methyl sites for hydroxylation is 1. The summed E-state index contributed by atoms with van der Waals surface area (Å²) < 4.78 is 7.07. The predicted octanol–water partition coefficient (Wildman–Crippen LogP) is 1.65. The number of carbonyl (C=O) groups is 1. The van der Waals surface area contributed by atoms with Crippen molar-refractivity contribution in [3.05, 3.63) is 30.2 Å². The first-order valence-electron chi connectivity index (χ1n) is 8.88. The number of aromatic nitrogens is 5. The van der Waals surface area contributed by atoms with Crippen LogP contribution in [0.2, 0.25) is 0 Å². The highest BCUT2D eigenvalue weighted by atomic mass is 16.5. The Balaban J connectivity index is 1.42. The number of aromatic amines is 1. The molecule has 26 heavy (non-hydrogen) atoms. The zero-order valence-electron chi connectivity index (χ0n) is 14.8. The fourth-order valence-corrected chi connectivity index (χ4v) is 3.26. The van der Waals surface area contributed by atoms with E-state index in [0.717, 1.165) is 61.8 Å². The molecule has 0 amide bonds. The molecule has 8 nitrogen and oxygen atoms in total. The first kappa shape index (κ1) is 16.9. The van der Waals surface area contributed by atoms with Crippen LogP contribution in [0.25, 0.3) is 22.6 Å². The van der Waals surface area contributed by atoms with Crippen LogP contribution in [0.1, 0.15) is 23.3 Å². The maximum absolute atomic E-state index is 12.5. The lowest BCUT2D eigenvalue weighted by Gasteiger charge is -2.26. The minimum atomic E-state index is 0.0764. The van der Waals surface area contributed by atoms with Crippen molar-refractivity contribution in [2.24, 2.45) is 7.05 Å². The molecule has 8 heteroatoms. The Labute approximate surface area is 151 Å². The van der Waals surface area contributed by atoms with Gasteiger partial charge in [-0.1, -0.05) is 0 Å². The van der Waals surface area contributed by atoms with Crippen LogP contribution in [-0.4, -0.2) is 68.3 Å². The monoisotopic (exact) mass is 354 g/mol. The van der Waals surface area contributed by atoms with E-state index in [1.807, 2.05) is 19.2 Å². The molecular formula is C18H22N6O2. The number of fused-ring (bicyclic) bond motifs is 1. The van der Waals surface area contributed by atoms with Gasteiger partial charge in [0.05, 0.1) is 24.6 Å². The number of hydrogen-bond donors (Lipinski definition) is 1. The number of nitrogens with one attached hydrogen (secondary N) is 1. The van der Waals surface area contributed by atoms with E-state index >= 15 is 0 Å². The van der Waals surface area contributed by atoms with Crippen LogP contribution in [0.3, 0.4) is 0 Å². The Hall–Kier alpha value is -2.58. The number of H-pyrrole nitrogens is 1. The highest BCUT2D eigenvalue weighted by Gasteiger charge is 2.17. The maximum Gasteiger partial charge on any atom is 0.183 e. The third kappa shape index (κ3) is 3.51. The van der Waals surface area contributed by atoms with Gasteiger partial charge in [0.1, 0.15) is 11.2 Å². The molecule has 0 spiro atoms. The first-order valence-corrected chi connectivity index (χ1v) is 8.88. The standard InChI is InChI=1S/C18H22N6O2/c1-23-16(13-11-15-18(21-13)20-5-4-19-15)12-14(22-23)17(25)3-2-6-24-7-9-26-10-8-24/h4-5,11-12H,2-3,6-10H2,1H3,(H,20,21). The lowest BCUT2D eigenvalue weighted by molar-refractivity contribution is 0.0371. The van der Waals surface area contributed by atoms with Crippen LogP contribution >= 0.6 is 0 Å². The molecule has 1 fully saturated rings. The first-order chi connectivity index (χ1) is 12.7. The molecule has 0 unspecified atom stereocenters. The zero-order chi connectivity index (χ0) is 17.9. The second-order valence-electron chi connectivity index (χ2n) is 6.49. The summed E-state index contributed by atoms with van der Waals surface area (Å²) in [4.78, 5) is 26.6. The molecule has 0 atom stereocenters. The molecule has 1 saturated heterocycles. The summed E-state index contributed by atoms with van der Waals surface area (Å²) in [7, 11) is 1.84. The molecule has 1 aliphatic rings. The van der Waals surface area contributed by atoms with E-state index in [4.69, 9.17) is 4.74 Å².